The first-order valence-corrected chi connectivity index (χ1v) is 10.5. The molecule has 5 nitrogen and oxygen atoms in total. The Hall–Kier alpha value is -3.25. The maximum absolute atomic E-state index is 12.5. The zero-order valence-corrected chi connectivity index (χ0v) is 18.0. The van der Waals surface area contributed by atoms with Crippen molar-refractivity contribution in [1.82, 2.24) is 0 Å². The Morgan fingerprint density at radius 1 is 0.867 bits per heavy atom. The predicted octanol–water partition coefficient (Wildman–Crippen LogP) is 5.30. The number of methoxy groups -OCH3 is 1. The lowest BCUT2D eigenvalue weighted by Gasteiger charge is -2.09. The summed E-state index contributed by atoms with van der Waals surface area (Å²) < 4.78 is 5.16. The molecule has 0 heterocycles. The van der Waals surface area contributed by atoms with Crippen LogP contribution in [0.4, 0.5) is 11.4 Å². The highest BCUT2D eigenvalue weighted by molar-refractivity contribution is 8.00. The minimum Gasteiger partial charge on any atom is -0.497 e. The van der Waals surface area contributed by atoms with Crippen LogP contribution in [0.25, 0.3) is 0 Å². The largest absolute Gasteiger partial charge is 0.497 e. The van der Waals surface area contributed by atoms with Gasteiger partial charge in [-0.05, 0) is 73.5 Å². The van der Waals surface area contributed by atoms with Crippen LogP contribution in [-0.2, 0) is 4.79 Å². The molecule has 2 amide bonds. The first-order chi connectivity index (χ1) is 14.4. The third kappa shape index (κ3) is 5.87. The van der Waals surface area contributed by atoms with E-state index in [0.29, 0.717) is 17.0 Å². The summed E-state index contributed by atoms with van der Waals surface area (Å²) in [5, 5.41) is 5.80. The van der Waals surface area contributed by atoms with Gasteiger partial charge in [0.15, 0.2) is 0 Å². The van der Waals surface area contributed by atoms with Crippen LogP contribution < -0.4 is 15.4 Å². The van der Waals surface area contributed by atoms with Crippen molar-refractivity contribution in [3.05, 3.63) is 83.4 Å². The number of rotatable bonds is 7. The molecule has 0 aliphatic carbocycles. The molecule has 0 aromatic heterocycles. The van der Waals surface area contributed by atoms with Crippen molar-refractivity contribution >= 4 is 35.0 Å². The van der Waals surface area contributed by atoms with E-state index >= 15 is 0 Å². The number of carbonyl (C=O) groups is 2. The predicted molar refractivity (Wildman–Crippen MR) is 123 cm³/mol. The van der Waals surface area contributed by atoms with Gasteiger partial charge < -0.3 is 15.4 Å². The number of thioether (sulfide) groups is 1. The molecule has 0 aliphatic heterocycles. The molecule has 2 N–H and O–H groups in total. The van der Waals surface area contributed by atoms with E-state index < -0.39 is 0 Å². The van der Waals surface area contributed by atoms with Crippen molar-refractivity contribution in [2.75, 3.05) is 23.5 Å². The van der Waals surface area contributed by atoms with Gasteiger partial charge in [0, 0.05) is 21.8 Å². The maximum Gasteiger partial charge on any atom is 0.255 e. The zero-order valence-electron chi connectivity index (χ0n) is 17.2. The van der Waals surface area contributed by atoms with Gasteiger partial charge in [0.1, 0.15) is 5.75 Å². The Labute approximate surface area is 180 Å². The van der Waals surface area contributed by atoms with Crippen LogP contribution in [0.1, 0.15) is 21.5 Å². The first kappa shape index (κ1) is 21.5. The average Bonchev–Trinajstić information content (AvgIpc) is 2.75. The number of anilines is 2. The van der Waals surface area contributed by atoms with E-state index in [4.69, 9.17) is 4.74 Å². The fourth-order valence-electron chi connectivity index (χ4n) is 2.80. The van der Waals surface area contributed by atoms with Gasteiger partial charge in [0.25, 0.3) is 5.91 Å². The molecule has 3 aromatic rings. The Kier molecular flexibility index (Phi) is 7.14. The van der Waals surface area contributed by atoms with E-state index in [1.807, 2.05) is 56.3 Å². The highest BCUT2D eigenvalue weighted by Crippen LogP contribution is 2.23. The molecule has 0 spiro atoms. The average molecular weight is 421 g/mol. The van der Waals surface area contributed by atoms with Crippen LogP contribution >= 0.6 is 11.8 Å². The number of carbonyl (C=O) groups excluding carboxylic acids is 2. The third-order valence-electron chi connectivity index (χ3n) is 4.58. The van der Waals surface area contributed by atoms with Crippen molar-refractivity contribution in [2.24, 2.45) is 0 Å². The molecule has 3 aromatic carbocycles. The van der Waals surface area contributed by atoms with Crippen LogP contribution in [0.2, 0.25) is 0 Å². The molecule has 0 radical (unpaired) electrons. The lowest BCUT2D eigenvalue weighted by atomic mass is 10.1. The number of aryl methyl sites for hydroxylation is 2. The normalized spacial score (nSPS) is 10.4. The summed E-state index contributed by atoms with van der Waals surface area (Å²) in [6, 6.07) is 20.3. The van der Waals surface area contributed by atoms with Crippen LogP contribution in [0.3, 0.4) is 0 Å². The number of hydrogen-bond acceptors (Lipinski definition) is 4. The summed E-state index contributed by atoms with van der Waals surface area (Å²) in [5.41, 5.74) is 4.31. The molecule has 30 heavy (non-hydrogen) atoms. The molecule has 0 saturated heterocycles. The van der Waals surface area contributed by atoms with Gasteiger partial charge in [-0.2, -0.15) is 0 Å². The van der Waals surface area contributed by atoms with Gasteiger partial charge >= 0.3 is 0 Å². The number of nitrogens with one attached hydrogen (secondary N) is 2. The van der Waals surface area contributed by atoms with Gasteiger partial charge in [-0.15, -0.1) is 11.8 Å². The van der Waals surface area contributed by atoms with Crippen LogP contribution in [0.15, 0.2) is 71.6 Å². The number of hydrogen-bond donors (Lipinski definition) is 2. The zero-order chi connectivity index (χ0) is 21.5. The van der Waals surface area contributed by atoms with Crippen LogP contribution in [0, 0.1) is 13.8 Å². The first-order valence-electron chi connectivity index (χ1n) is 9.50. The highest BCUT2D eigenvalue weighted by Gasteiger charge is 2.09. The van der Waals surface area contributed by atoms with E-state index in [1.54, 1.807) is 31.4 Å². The molecule has 3 rings (SSSR count). The summed E-state index contributed by atoms with van der Waals surface area (Å²) >= 11 is 1.41. The maximum atomic E-state index is 12.5. The van der Waals surface area contributed by atoms with Crippen molar-refractivity contribution < 1.29 is 14.3 Å². The minimum absolute atomic E-state index is 0.0749. The Morgan fingerprint density at radius 2 is 1.63 bits per heavy atom. The smallest absolute Gasteiger partial charge is 0.255 e. The molecule has 0 aliphatic rings. The lowest BCUT2D eigenvalue weighted by Crippen LogP contribution is -2.14. The Bertz CT molecular complexity index is 1070. The molecule has 0 fully saturated rings. The summed E-state index contributed by atoms with van der Waals surface area (Å²) in [4.78, 5) is 25.7. The van der Waals surface area contributed by atoms with Crippen LogP contribution in [-0.4, -0.2) is 24.7 Å². The van der Waals surface area contributed by atoms with Crippen molar-refractivity contribution in [1.29, 1.82) is 0 Å². The topological polar surface area (TPSA) is 67.4 Å². The molecule has 0 unspecified atom stereocenters. The van der Waals surface area contributed by atoms with Gasteiger partial charge in [-0.1, -0.05) is 18.2 Å². The molecule has 154 valence electrons. The standard InChI is InChI=1S/C24H24N2O3S/c1-16-10-11-20(12-17(16)2)25-23(27)15-30-22-9-5-7-19(14-22)26-24(28)18-6-4-8-21(13-18)29-3/h4-14H,15H2,1-3H3,(H,25,27)(H,26,28). The Balaban J connectivity index is 1.57. The Morgan fingerprint density at radius 3 is 2.40 bits per heavy atom. The minimum atomic E-state index is -0.219. The third-order valence-corrected chi connectivity index (χ3v) is 5.58. The fraction of sp³-hybridized carbons (Fsp3) is 0.167. The second kappa shape index (κ2) is 9.98. The van der Waals surface area contributed by atoms with E-state index in [9.17, 15) is 9.59 Å². The summed E-state index contributed by atoms with van der Waals surface area (Å²) in [6.45, 7) is 4.06. The van der Waals surface area contributed by atoms with Gasteiger partial charge in [0.2, 0.25) is 5.91 Å². The van der Waals surface area contributed by atoms with Crippen molar-refractivity contribution in [2.45, 2.75) is 18.7 Å². The highest BCUT2D eigenvalue weighted by atomic mass is 32.2. The van der Waals surface area contributed by atoms with Gasteiger partial charge in [-0.25, -0.2) is 0 Å². The van der Waals surface area contributed by atoms with Crippen molar-refractivity contribution in [3.63, 3.8) is 0 Å². The number of ether oxygens (including phenoxy) is 1. The van der Waals surface area contributed by atoms with Gasteiger partial charge in [0.05, 0.1) is 12.9 Å². The summed E-state index contributed by atoms with van der Waals surface area (Å²) in [5.74, 6) is 0.611. The number of benzene rings is 3. The quantitative estimate of drug-likeness (QED) is 0.509. The second-order valence-corrected chi connectivity index (χ2v) is 7.90. The van der Waals surface area contributed by atoms with Crippen molar-refractivity contribution in [3.8, 4) is 5.75 Å². The van der Waals surface area contributed by atoms with E-state index in [2.05, 4.69) is 10.6 Å². The van der Waals surface area contributed by atoms with Gasteiger partial charge in [-0.3, -0.25) is 9.59 Å². The molecule has 0 saturated carbocycles. The molecule has 0 atom stereocenters. The molecule has 0 bridgehead atoms. The summed E-state index contributed by atoms with van der Waals surface area (Å²) in [6.07, 6.45) is 0. The monoisotopic (exact) mass is 420 g/mol. The second-order valence-electron chi connectivity index (χ2n) is 6.85. The summed E-state index contributed by atoms with van der Waals surface area (Å²) in [7, 11) is 1.56. The SMILES string of the molecule is COc1cccc(C(=O)Nc2cccc(SCC(=O)Nc3ccc(C)c(C)c3)c2)c1. The fourth-order valence-corrected chi connectivity index (χ4v) is 3.55. The molecule has 6 heteroatoms. The van der Waals surface area contributed by atoms with E-state index in [-0.39, 0.29) is 17.6 Å². The lowest BCUT2D eigenvalue weighted by molar-refractivity contribution is -0.113. The molecular weight excluding hydrogens is 396 g/mol. The van der Waals surface area contributed by atoms with E-state index in [1.165, 1.54) is 17.3 Å². The van der Waals surface area contributed by atoms with E-state index in [0.717, 1.165) is 16.1 Å². The molecular formula is C24H24N2O3S. The number of amides is 2. The van der Waals surface area contributed by atoms with Crippen LogP contribution in [0.5, 0.6) is 5.75 Å².